The van der Waals surface area contributed by atoms with Gasteiger partial charge in [0.1, 0.15) is 12.4 Å². The Morgan fingerprint density at radius 2 is 2.24 bits per heavy atom. The van der Waals surface area contributed by atoms with E-state index in [1.165, 1.54) is 0 Å². The molecule has 0 radical (unpaired) electrons. The molecule has 6 heteroatoms. The van der Waals surface area contributed by atoms with Gasteiger partial charge >= 0.3 is 0 Å². The van der Waals surface area contributed by atoms with E-state index >= 15 is 0 Å². The minimum atomic E-state index is 0.542. The number of aromatic nitrogens is 4. The van der Waals surface area contributed by atoms with Crippen molar-refractivity contribution in [1.29, 1.82) is 0 Å². The van der Waals surface area contributed by atoms with Crippen LogP contribution in [-0.2, 0) is 13.1 Å². The molecule has 0 saturated heterocycles. The summed E-state index contributed by atoms with van der Waals surface area (Å²) in [6.45, 7) is 1.93. The molecular formula is C15H17N5O. The van der Waals surface area contributed by atoms with Crippen molar-refractivity contribution in [3.63, 3.8) is 0 Å². The largest absolute Gasteiger partial charge is 0.492 e. The van der Waals surface area contributed by atoms with Crippen LogP contribution in [0, 0.1) is 0 Å². The third kappa shape index (κ3) is 3.35. The highest BCUT2D eigenvalue weighted by molar-refractivity contribution is 5.79. The standard InChI is InChI=1S/C15H17N5O/c1-16-10-13-11-20(19-18-13)7-8-21-14-5-4-12-3-2-6-17-15(12)9-14/h2-6,9,11,16H,7-8,10H2,1H3. The van der Waals surface area contributed by atoms with E-state index in [4.69, 9.17) is 4.74 Å². The Labute approximate surface area is 122 Å². The molecule has 6 nitrogen and oxygen atoms in total. The van der Waals surface area contributed by atoms with E-state index in [0.717, 1.165) is 28.9 Å². The maximum Gasteiger partial charge on any atom is 0.121 e. The molecule has 0 fully saturated rings. The van der Waals surface area contributed by atoms with Gasteiger partial charge in [0.05, 0.1) is 17.8 Å². The van der Waals surface area contributed by atoms with E-state index in [1.807, 2.05) is 43.6 Å². The van der Waals surface area contributed by atoms with Crippen LogP contribution in [0.2, 0.25) is 0 Å². The zero-order valence-corrected chi connectivity index (χ0v) is 11.9. The van der Waals surface area contributed by atoms with Gasteiger partial charge in [-0.05, 0) is 25.2 Å². The number of nitrogens with zero attached hydrogens (tertiary/aromatic N) is 4. The first-order valence-electron chi connectivity index (χ1n) is 6.86. The summed E-state index contributed by atoms with van der Waals surface area (Å²) in [5, 5.41) is 12.3. The van der Waals surface area contributed by atoms with E-state index in [9.17, 15) is 0 Å². The SMILES string of the molecule is CNCc1cn(CCOc2ccc3cccnc3c2)nn1. The lowest BCUT2D eigenvalue weighted by molar-refractivity contribution is 0.290. The van der Waals surface area contributed by atoms with E-state index in [1.54, 1.807) is 10.9 Å². The summed E-state index contributed by atoms with van der Waals surface area (Å²) in [5.41, 5.74) is 1.86. The van der Waals surface area contributed by atoms with Crippen LogP contribution in [0.1, 0.15) is 5.69 Å². The first-order chi connectivity index (χ1) is 10.3. The Kier molecular flexibility index (Phi) is 4.07. The molecule has 0 aliphatic carbocycles. The van der Waals surface area contributed by atoms with E-state index in [2.05, 4.69) is 20.6 Å². The Hall–Kier alpha value is -2.47. The van der Waals surface area contributed by atoms with Crippen LogP contribution >= 0.6 is 0 Å². The quantitative estimate of drug-likeness (QED) is 0.745. The van der Waals surface area contributed by atoms with Gasteiger partial charge in [-0.2, -0.15) is 0 Å². The van der Waals surface area contributed by atoms with Crippen molar-refractivity contribution in [3.8, 4) is 5.75 Å². The molecule has 0 aliphatic rings. The number of rotatable bonds is 6. The average Bonchev–Trinajstić information content (AvgIpc) is 2.95. The van der Waals surface area contributed by atoms with Crippen LogP contribution in [0.5, 0.6) is 5.75 Å². The third-order valence-corrected chi connectivity index (χ3v) is 3.11. The Balaban J connectivity index is 1.58. The fourth-order valence-corrected chi connectivity index (χ4v) is 2.10. The predicted molar refractivity (Wildman–Crippen MR) is 80.0 cm³/mol. The summed E-state index contributed by atoms with van der Waals surface area (Å²) in [7, 11) is 1.88. The lowest BCUT2D eigenvalue weighted by atomic mass is 10.2. The van der Waals surface area contributed by atoms with E-state index in [0.29, 0.717) is 13.2 Å². The first-order valence-corrected chi connectivity index (χ1v) is 6.86. The average molecular weight is 283 g/mol. The smallest absolute Gasteiger partial charge is 0.121 e. The minimum Gasteiger partial charge on any atom is -0.492 e. The molecule has 0 aliphatic heterocycles. The van der Waals surface area contributed by atoms with Gasteiger partial charge in [0.2, 0.25) is 0 Å². The highest BCUT2D eigenvalue weighted by atomic mass is 16.5. The first kappa shape index (κ1) is 13.5. The van der Waals surface area contributed by atoms with Crippen LogP contribution in [0.4, 0.5) is 0 Å². The minimum absolute atomic E-state index is 0.542. The number of hydrogen-bond donors (Lipinski definition) is 1. The Morgan fingerprint density at radius 3 is 3.14 bits per heavy atom. The highest BCUT2D eigenvalue weighted by Crippen LogP contribution is 2.18. The van der Waals surface area contributed by atoms with Crippen molar-refractivity contribution in [2.45, 2.75) is 13.1 Å². The summed E-state index contributed by atoms with van der Waals surface area (Å²) in [6, 6.07) is 9.88. The van der Waals surface area contributed by atoms with Gasteiger partial charge in [0, 0.05) is 30.4 Å². The van der Waals surface area contributed by atoms with Crippen molar-refractivity contribution in [1.82, 2.24) is 25.3 Å². The predicted octanol–water partition coefficient (Wildman–Crippen LogP) is 1.62. The molecule has 1 aromatic carbocycles. The number of hydrogen-bond acceptors (Lipinski definition) is 5. The molecule has 21 heavy (non-hydrogen) atoms. The van der Waals surface area contributed by atoms with Gasteiger partial charge in [0.25, 0.3) is 0 Å². The summed E-state index contributed by atoms with van der Waals surface area (Å²) < 4.78 is 7.53. The van der Waals surface area contributed by atoms with Crippen molar-refractivity contribution >= 4 is 10.9 Å². The van der Waals surface area contributed by atoms with Crippen LogP contribution in [0.15, 0.2) is 42.7 Å². The van der Waals surface area contributed by atoms with Gasteiger partial charge in [-0.3, -0.25) is 4.98 Å². The number of ether oxygens (including phenoxy) is 1. The summed E-state index contributed by atoms with van der Waals surface area (Å²) in [4.78, 5) is 4.32. The van der Waals surface area contributed by atoms with Gasteiger partial charge in [0.15, 0.2) is 0 Å². The maximum atomic E-state index is 5.74. The van der Waals surface area contributed by atoms with Gasteiger partial charge in [-0.1, -0.05) is 11.3 Å². The molecule has 0 atom stereocenters. The molecular weight excluding hydrogens is 266 g/mol. The summed E-state index contributed by atoms with van der Waals surface area (Å²) in [6.07, 6.45) is 3.70. The van der Waals surface area contributed by atoms with Crippen molar-refractivity contribution in [3.05, 3.63) is 48.4 Å². The fraction of sp³-hybridized carbons (Fsp3) is 0.267. The van der Waals surface area contributed by atoms with Crippen LogP contribution < -0.4 is 10.1 Å². The maximum absolute atomic E-state index is 5.74. The molecule has 3 rings (SSSR count). The van der Waals surface area contributed by atoms with Crippen molar-refractivity contribution in [2.75, 3.05) is 13.7 Å². The molecule has 3 aromatic rings. The monoisotopic (exact) mass is 283 g/mol. The van der Waals surface area contributed by atoms with Gasteiger partial charge < -0.3 is 10.1 Å². The number of nitrogens with one attached hydrogen (secondary N) is 1. The normalized spacial score (nSPS) is 10.9. The lowest BCUT2D eigenvalue weighted by Gasteiger charge is -2.06. The Morgan fingerprint density at radius 1 is 1.29 bits per heavy atom. The molecule has 0 saturated carbocycles. The van der Waals surface area contributed by atoms with Crippen molar-refractivity contribution in [2.24, 2.45) is 0 Å². The molecule has 0 bridgehead atoms. The number of benzene rings is 1. The molecule has 2 aromatic heterocycles. The second-order valence-electron chi connectivity index (χ2n) is 4.71. The number of fused-ring (bicyclic) bond motifs is 1. The highest BCUT2D eigenvalue weighted by Gasteiger charge is 2.01. The zero-order chi connectivity index (χ0) is 14.5. The van der Waals surface area contributed by atoms with E-state index in [-0.39, 0.29) is 0 Å². The van der Waals surface area contributed by atoms with E-state index < -0.39 is 0 Å². The molecule has 0 spiro atoms. The van der Waals surface area contributed by atoms with Gasteiger partial charge in [-0.25, -0.2) is 4.68 Å². The third-order valence-electron chi connectivity index (χ3n) is 3.11. The fourth-order valence-electron chi connectivity index (χ4n) is 2.10. The molecule has 1 N–H and O–H groups in total. The van der Waals surface area contributed by atoms with Crippen LogP contribution in [0.3, 0.4) is 0 Å². The second kappa shape index (κ2) is 6.32. The Bertz CT molecular complexity index is 725. The molecule has 2 heterocycles. The molecule has 0 unspecified atom stereocenters. The van der Waals surface area contributed by atoms with Crippen LogP contribution in [-0.4, -0.2) is 33.6 Å². The topological polar surface area (TPSA) is 64.9 Å². The van der Waals surface area contributed by atoms with Gasteiger partial charge in [-0.15, -0.1) is 5.10 Å². The second-order valence-corrected chi connectivity index (χ2v) is 4.71. The summed E-state index contributed by atoms with van der Waals surface area (Å²) in [5.74, 6) is 0.816. The summed E-state index contributed by atoms with van der Waals surface area (Å²) >= 11 is 0. The van der Waals surface area contributed by atoms with Crippen molar-refractivity contribution < 1.29 is 4.74 Å². The molecule has 108 valence electrons. The number of pyridine rings is 1. The lowest BCUT2D eigenvalue weighted by Crippen LogP contribution is -2.09. The molecule has 0 amide bonds. The zero-order valence-electron chi connectivity index (χ0n) is 11.9. The van der Waals surface area contributed by atoms with Crippen LogP contribution in [0.25, 0.3) is 10.9 Å².